The summed E-state index contributed by atoms with van der Waals surface area (Å²) in [6, 6.07) is 0. The molecule has 1 saturated heterocycles. The van der Waals surface area contributed by atoms with Crippen molar-refractivity contribution in [3.05, 3.63) is 24.3 Å². The second kappa shape index (κ2) is 4.17. The van der Waals surface area contributed by atoms with Crippen LogP contribution in [-0.2, 0) is 4.79 Å². The van der Waals surface area contributed by atoms with Crippen molar-refractivity contribution < 1.29 is 4.79 Å². The van der Waals surface area contributed by atoms with Crippen LogP contribution in [0.4, 0.5) is 0 Å². The lowest BCUT2D eigenvalue weighted by Crippen LogP contribution is -2.39. The summed E-state index contributed by atoms with van der Waals surface area (Å²) in [5, 5.41) is 0. The molecule has 16 heavy (non-hydrogen) atoms. The molecule has 0 aromatic heterocycles. The first-order valence-electron chi connectivity index (χ1n) is 6.15. The zero-order valence-electron chi connectivity index (χ0n) is 10.3. The minimum Gasteiger partial charge on any atom is -0.303 e. The Balaban J connectivity index is 2.13. The Morgan fingerprint density at radius 3 is 2.69 bits per heavy atom. The van der Waals surface area contributed by atoms with E-state index in [9.17, 15) is 4.79 Å². The summed E-state index contributed by atoms with van der Waals surface area (Å²) in [6.07, 6.45) is 6.32. The van der Waals surface area contributed by atoms with Gasteiger partial charge in [0.25, 0.3) is 0 Å². The van der Waals surface area contributed by atoms with E-state index in [2.05, 4.69) is 25.3 Å². The van der Waals surface area contributed by atoms with Crippen molar-refractivity contribution in [2.24, 2.45) is 11.3 Å². The molecule has 0 amide bonds. The maximum Gasteiger partial charge on any atom is 0.181 e. The highest BCUT2D eigenvalue weighted by Gasteiger charge is 2.36. The molecular weight excluding hydrogens is 198 g/mol. The van der Waals surface area contributed by atoms with E-state index >= 15 is 0 Å². The number of carbonyl (C=O) groups is 1. The molecule has 0 aromatic carbocycles. The van der Waals surface area contributed by atoms with Crippen LogP contribution in [0.1, 0.15) is 26.7 Å². The third-order valence-corrected chi connectivity index (χ3v) is 3.94. The van der Waals surface area contributed by atoms with E-state index in [0.717, 1.165) is 12.1 Å². The van der Waals surface area contributed by atoms with Crippen molar-refractivity contribution >= 4 is 5.78 Å². The number of allylic oxidation sites excluding steroid dienone is 2. The molecule has 0 radical (unpaired) electrons. The Morgan fingerprint density at radius 2 is 2.06 bits per heavy atom. The first kappa shape index (κ1) is 11.6. The lowest BCUT2D eigenvalue weighted by Gasteiger charge is -2.37. The van der Waals surface area contributed by atoms with Crippen LogP contribution in [0.15, 0.2) is 24.3 Å². The lowest BCUT2D eigenvalue weighted by atomic mass is 9.70. The van der Waals surface area contributed by atoms with Crippen LogP contribution in [0.2, 0.25) is 0 Å². The van der Waals surface area contributed by atoms with Gasteiger partial charge in [0, 0.05) is 12.5 Å². The minimum atomic E-state index is 0.0631. The van der Waals surface area contributed by atoms with E-state index < -0.39 is 0 Å². The van der Waals surface area contributed by atoms with Crippen molar-refractivity contribution in [3.63, 3.8) is 0 Å². The summed E-state index contributed by atoms with van der Waals surface area (Å²) in [6.45, 7) is 11.7. The third-order valence-electron chi connectivity index (χ3n) is 3.94. The SMILES string of the molecule is C=C1C(=O)C=CC(C)(C)C1CN1CCCC1. The Kier molecular flexibility index (Phi) is 3.02. The highest BCUT2D eigenvalue weighted by Crippen LogP contribution is 2.38. The van der Waals surface area contributed by atoms with Gasteiger partial charge in [-0.15, -0.1) is 0 Å². The van der Waals surface area contributed by atoms with Gasteiger partial charge in [0.2, 0.25) is 0 Å². The number of rotatable bonds is 2. The number of carbonyl (C=O) groups excluding carboxylic acids is 1. The summed E-state index contributed by atoms with van der Waals surface area (Å²) in [4.78, 5) is 14.1. The molecule has 0 spiro atoms. The zero-order valence-corrected chi connectivity index (χ0v) is 10.3. The van der Waals surface area contributed by atoms with Crippen molar-refractivity contribution in [3.8, 4) is 0 Å². The standard InChI is InChI=1S/C14H21NO/c1-11-12(10-15-8-4-5-9-15)14(2,3)7-6-13(11)16/h6-7,12H,1,4-5,8-10H2,2-3H3. The summed E-state index contributed by atoms with van der Waals surface area (Å²) in [7, 11) is 0. The molecule has 1 heterocycles. The van der Waals surface area contributed by atoms with Gasteiger partial charge in [-0.2, -0.15) is 0 Å². The summed E-state index contributed by atoms with van der Waals surface area (Å²) in [5.74, 6) is 0.395. The van der Waals surface area contributed by atoms with E-state index in [0.29, 0.717) is 0 Å². The van der Waals surface area contributed by atoms with E-state index in [1.54, 1.807) is 6.08 Å². The molecule has 1 atom stereocenters. The minimum absolute atomic E-state index is 0.0631. The van der Waals surface area contributed by atoms with Crippen molar-refractivity contribution in [2.45, 2.75) is 26.7 Å². The van der Waals surface area contributed by atoms with Crippen LogP contribution in [0, 0.1) is 11.3 Å². The third kappa shape index (κ3) is 2.12. The van der Waals surface area contributed by atoms with Crippen LogP contribution >= 0.6 is 0 Å². The monoisotopic (exact) mass is 219 g/mol. The Morgan fingerprint density at radius 1 is 1.44 bits per heavy atom. The topological polar surface area (TPSA) is 20.3 Å². The molecular formula is C14H21NO. The summed E-state index contributed by atoms with van der Waals surface area (Å²) < 4.78 is 0. The van der Waals surface area contributed by atoms with E-state index in [-0.39, 0.29) is 17.1 Å². The van der Waals surface area contributed by atoms with Gasteiger partial charge in [0.15, 0.2) is 5.78 Å². The molecule has 88 valence electrons. The summed E-state index contributed by atoms with van der Waals surface area (Å²) in [5.41, 5.74) is 0.854. The largest absolute Gasteiger partial charge is 0.303 e. The van der Waals surface area contributed by atoms with Gasteiger partial charge in [0.1, 0.15) is 0 Å². The molecule has 1 unspecified atom stereocenters. The van der Waals surface area contributed by atoms with Crippen molar-refractivity contribution in [2.75, 3.05) is 19.6 Å². The molecule has 0 N–H and O–H groups in total. The number of hydrogen-bond acceptors (Lipinski definition) is 2. The fraction of sp³-hybridized carbons (Fsp3) is 0.643. The van der Waals surface area contributed by atoms with Gasteiger partial charge >= 0.3 is 0 Å². The normalized spacial score (nSPS) is 30.0. The van der Waals surface area contributed by atoms with E-state index in [4.69, 9.17) is 0 Å². The molecule has 2 heteroatoms. The van der Waals surface area contributed by atoms with Crippen LogP contribution in [-0.4, -0.2) is 30.3 Å². The molecule has 0 bridgehead atoms. The molecule has 1 fully saturated rings. The molecule has 0 saturated carbocycles. The second-order valence-corrected chi connectivity index (χ2v) is 5.60. The number of hydrogen-bond donors (Lipinski definition) is 0. The van der Waals surface area contributed by atoms with Crippen molar-refractivity contribution in [1.82, 2.24) is 4.90 Å². The molecule has 1 aliphatic carbocycles. The van der Waals surface area contributed by atoms with E-state index in [1.165, 1.54) is 25.9 Å². The van der Waals surface area contributed by atoms with Crippen LogP contribution in [0.5, 0.6) is 0 Å². The fourth-order valence-corrected chi connectivity index (χ4v) is 2.70. The van der Waals surface area contributed by atoms with Crippen LogP contribution < -0.4 is 0 Å². The predicted octanol–water partition coefficient (Wildman–Crippen LogP) is 2.42. The highest BCUT2D eigenvalue weighted by molar-refractivity contribution is 6.05. The average Bonchev–Trinajstić information content (AvgIpc) is 2.72. The fourth-order valence-electron chi connectivity index (χ4n) is 2.70. The molecule has 2 aliphatic rings. The molecule has 2 rings (SSSR count). The predicted molar refractivity (Wildman–Crippen MR) is 66.2 cm³/mol. The molecule has 0 aromatic rings. The number of nitrogens with zero attached hydrogens (tertiary/aromatic N) is 1. The maximum atomic E-state index is 11.7. The maximum absolute atomic E-state index is 11.7. The van der Waals surface area contributed by atoms with Gasteiger partial charge in [-0.25, -0.2) is 0 Å². The lowest BCUT2D eigenvalue weighted by molar-refractivity contribution is -0.112. The van der Waals surface area contributed by atoms with Crippen molar-refractivity contribution in [1.29, 1.82) is 0 Å². The Labute approximate surface area is 98.0 Å². The first-order chi connectivity index (χ1) is 7.50. The Hall–Kier alpha value is -0.890. The second-order valence-electron chi connectivity index (χ2n) is 5.60. The van der Waals surface area contributed by atoms with Gasteiger partial charge < -0.3 is 4.90 Å². The highest BCUT2D eigenvalue weighted by atomic mass is 16.1. The van der Waals surface area contributed by atoms with Gasteiger partial charge in [-0.3, -0.25) is 4.79 Å². The van der Waals surface area contributed by atoms with Crippen LogP contribution in [0.3, 0.4) is 0 Å². The first-order valence-corrected chi connectivity index (χ1v) is 6.15. The number of ketones is 1. The average molecular weight is 219 g/mol. The van der Waals surface area contributed by atoms with Gasteiger partial charge in [0.05, 0.1) is 0 Å². The van der Waals surface area contributed by atoms with Gasteiger partial charge in [-0.1, -0.05) is 26.5 Å². The molecule has 1 aliphatic heterocycles. The molecule has 2 nitrogen and oxygen atoms in total. The zero-order chi connectivity index (χ0) is 11.8. The van der Waals surface area contributed by atoms with Gasteiger partial charge in [-0.05, 0) is 43.0 Å². The van der Waals surface area contributed by atoms with E-state index in [1.807, 2.05) is 6.08 Å². The quantitative estimate of drug-likeness (QED) is 0.665. The van der Waals surface area contributed by atoms with Crippen LogP contribution in [0.25, 0.3) is 0 Å². The number of likely N-dealkylation sites (tertiary alicyclic amines) is 1. The smallest absolute Gasteiger partial charge is 0.181 e. The Bertz CT molecular complexity index is 335. The summed E-state index contributed by atoms with van der Waals surface area (Å²) >= 11 is 0.